The maximum Gasteiger partial charge on any atom is 0.238 e. The summed E-state index contributed by atoms with van der Waals surface area (Å²) in [6.07, 6.45) is 0. The van der Waals surface area contributed by atoms with Crippen LogP contribution in [0.25, 0.3) is 70.7 Å². The summed E-state index contributed by atoms with van der Waals surface area (Å²) >= 11 is 1.57. The first kappa shape index (κ1) is 14.8. The maximum atomic E-state index is 11.0. The molecule has 3 heterocycles. The lowest BCUT2D eigenvalue weighted by Gasteiger charge is -2.11. The summed E-state index contributed by atoms with van der Waals surface area (Å²) in [7, 11) is 0. The largest absolute Gasteiger partial charge is 0.507 e. The number of nitrogens with zero attached hydrogens (tertiary/aromatic N) is 4. The molecule has 8 rings (SSSR count). The van der Waals surface area contributed by atoms with Crippen molar-refractivity contribution in [2.24, 2.45) is 0 Å². The fourth-order valence-electron chi connectivity index (χ4n) is 4.96. The van der Waals surface area contributed by atoms with E-state index in [9.17, 15) is 5.11 Å². The SMILES string of the molecule is [2H]c1c([2H])c([2H])c(-c2nc(-c3c([2H])c([2H])c([2H])c([2H])c3O)nc(-n3c4ccccc4c4ccc5c6ccccc6sc5c43)n2)c([2H])c1[2H]. The first-order chi connectivity index (χ1) is 23.0. The summed E-state index contributed by atoms with van der Waals surface area (Å²) in [5.74, 6) is -1.57. The van der Waals surface area contributed by atoms with Crippen molar-refractivity contribution in [2.75, 3.05) is 0 Å². The van der Waals surface area contributed by atoms with Crippen molar-refractivity contribution in [3.63, 3.8) is 0 Å². The van der Waals surface area contributed by atoms with Crippen LogP contribution >= 0.6 is 11.3 Å². The lowest BCUT2D eigenvalue weighted by Crippen LogP contribution is -2.06. The van der Waals surface area contributed by atoms with Gasteiger partial charge in [-0.15, -0.1) is 11.3 Å². The molecule has 0 aliphatic heterocycles. The van der Waals surface area contributed by atoms with Gasteiger partial charge in [0.05, 0.1) is 33.6 Å². The Morgan fingerprint density at radius 3 is 2.28 bits per heavy atom. The number of aromatic nitrogens is 4. The Bertz CT molecular complexity index is 2560. The molecule has 0 unspecified atom stereocenters. The zero-order chi connectivity index (χ0) is 33.8. The van der Waals surface area contributed by atoms with E-state index in [0.717, 1.165) is 36.5 Å². The highest BCUT2D eigenvalue weighted by molar-refractivity contribution is 7.26. The van der Waals surface area contributed by atoms with Crippen LogP contribution in [0.1, 0.15) is 12.3 Å². The van der Waals surface area contributed by atoms with Crippen LogP contribution in [-0.4, -0.2) is 24.6 Å². The van der Waals surface area contributed by atoms with Crippen LogP contribution in [0.15, 0.2) is 115 Å². The minimum atomic E-state index is -0.806. The zero-order valence-electron chi connectivity index (χ0n) is 28.9. The molecule has 5 aromatic carbocycles. The summed E-state index contributed by atoms with van der Waals surface area (Å²) in [6.45, 7) is 0. The van der Waals surface area contributed by atoms with Gasteiger partial charge in [-0.1, -0.05) is 90.8 Å². The number of rotatable bonds is 3. The molecule has 3 aromatic heterocycles. The van der Waals surface area contributed by atoms with Gasteiger partial charge in [0.15, 0.2) is 11.6 Å². The Morgan fingerprint density at radius 1 is 0.667 bits per heavy atom. The number of hydrogen-bond acceptors (Lipinski definition) is 5. The van der Waals surface area contributed by atoms with E-state index in [0.29, 0.717) is 5.52 Å². The van der Waals surface area contributed by atoms with Gasteiger partial charge < -0.3 is 5.11 Å². The van der Waals surface area contributed by atoms with Crippen molar-refractivity contribution < 1.29 is 17.4 Å². The molecule has 184 valence electrons. The predicted octanol–water partition coefficient (Wildman–Crippen LogP) is 8.38. The fraction of sp³-hybridized carbons (Fsp3) is 0. The molecule has 0 aliphatic rings. The molecule has 0 aliphatic carbocycles. The van der Waals surface area contributed by atoms with E-state index in [1.807, 2.05) is 54.6 Å². The molecule has 0 spiro atoms. The lowest BCUT2D eigenvalue weighted by molar-refractivity contribution is 0.477. The number of benzene rings is 5. The van der Waals surface area contributed by atoms with Crippen LogP contribution in [-0.2, 0) is 0 Å². The fourth-order valence-corrected chi connectivity index (χ4v) is 6.20. The van der Waals surface area contributed by atoms with Gasteiger partial charge in [0.25, 0.3) is 0 Å². The molecule has 5 nitrogen and oxygen atoms in total. The smallest absolute Gasteiger partial charge is 0.238 e. The highest BCUT2D eigenvalue weighted by Gasteiger charge is 2.21. The average Bonchev–Trinajstić information content (AvgIpc) is 3.64. The standard InChI is InChI=1S/C33H20N4OS/c38-27-16-8-5-14-25(27)32-34-31(20-10-2-1-3-11-20)35-33(36-32)37-26-15-7-4-12-21(26)23-18-19-24-22-13-6-9-17-28(22)39-30(24)29(23)37/h1-19,38H/i1D,2D,3D,5D,8D,10D,11D,14D,16D. The second-order valence-corrected chi connectivity index (χ2v) is 9.85. The van der Waals surface area contributed by atoms with Crippen molar-refractivity contribution in [1.82, 2.24) is 19.5 Å². The van der Waals surface area contributed by atoms with Crippen LogP contribution in [0.5, 0.6) is 5.75 Å². The highest BCUT2D eigenvalue weighted by Crippen LogP contribution is 2.42. The third-order valence-electron chi connectivity index (χ3n) is 6.62. The van der Waals surface area contributed by atoms with Gasteiger partial charge >= 0.3 is 0 Å². The Kier molecular flexibility index (Phi) is 3.21. The van der Waals surface area contributed by atoms with E-state index in [2.05, 4.69) is 16.0 Å². The molecule has 8 aromatic rings. The van der Waals surface area contributed by atoms with E-state index >= 15 is 0 Å². The Labute approximate surface area is 239 Å². The maximum absolute atomic E-state index is 11.0. The van der Waals surface area contributed by atoms with Gasteiger partial charge in [0, 0.05) is 31.8 Å². The van der Waals surface area contributed by atoms with Gasteiger partial charge in [-0.25, -0.2) is 4.98 Å². The second-order valence-electron chi connectivity index (χ2n) is 8.80. The molecule has 0 atom stereocenters. The van der Waals surface area contributed by atoms with Crippen LogP contribution < -0.4 is 0 Å². The highest BCUT2D eigenvalue weighted by atomic mass is 32.1. The molecule has 0 bridgehead atoms. The third-order valence-corrected chi connectivity index (χ3v) is 7.81. The van der Waals surface area contributed by atoms with E-state index in [-0.39, 0.29) is 23.2 Å². The molecule has 0 fully saturated rings. The predicted molar refractivity (Wildman–Crippen MR) is 160 cm³/mol. The quantitative estimate of drug-likeness (QED) is 0.250. The minimum Gasteiger partial charge on any atom is -0.507 e. The summed E-state index contributed by atoms with van der Waals surface area (Å²) in [5, 5.41) is 14.8. The van der Waals surface area contributed by atoms with Crippen molar-refractivity contribution in [3.8, 4) is 34.5 Å². The second kappa shape index (κ2) is 8.48. The monoisotopic (exact) mass is 529 g/mol. The van der Waals surface area contributed by atoms with Crippen molar-refractivity contribution in [2.45, 2.75) is 0 Å². The Hall–Kier alpha value is -5.07. The number of hydrogen-bond donors (Lipinski definition) is 1. The number of phenols is 1. The first-order valence-electron chi connectivity index (χ1n) is 16.5. The molecule has 0 saturated carbocycles. The Balaban J connectivity index is 1.57. The van der Waals surface area contributed by atoms with Crippen LogP contribution in [0, 0.1) is 0 Å². The normalized spacial score (nSPS) is 14.9. The van der Waals surface area contributed by atoms with E-state index in [1.54, 1.807) is 15.9 Å². The van der Waals surface area contributed by atoms with E-state index in [4.69, 9.17) is 17.3 Å². The number of phenolic OH excluding ortho intramolecular Hbond substituents is 1. The molecular formula is C33H20N4OS. The molecule has 0 saturated heterocycles. The van der Waals surface area contributed by atoms with Gasteiger partial charge in [-0.2, -0.15) is 9.97 Å². The van der Waals surface area contributed by atoms with Crippen molar-refractivity contribution in [1.29, 1.82) is 0 Å². The Morgan fingerprint density at radius 2 is 1.38 bits per heavy atom. The molecule has 0 radical (unpaired) electrons. The summed E-state index contributed by atoms with van der Waals surface area (Å²) in [6, 6.07) is 14.0. The minimum absolute atomic E-state index is 0.0511. The molecule has 6 heteroatoms. The lowest BCUT2D eigenvalue weighted by atomic mass is 10.1. The molecular weight excluding hydrogens is 500 g/mol. The van der Waals surface area contributed by atoms with E-state index in [1.165, 1.54) is 0 Å². The number of para-hydroxylation sites is 2. The summed E-state index contributed by atoms with van der Waals surface area (Å²) in [4.78, 5) is 13.8. The van der Waals surface area contributed by atoms with Crippen LogP contribution in [0.2, 0.25) is 0 Å². The third kappa shape index (κ3) is 3.35. The summed E-state index contributed by atoms with van der Waals surface area (Å²) in [5.41, 5.74) is 0.657. The summed E-state index contributed by atoms with van der Waals surface area (Å²) < 4.78 is 78.9. The average molecular weight is 530 g/mol. The topological polar surface area (TPSA) is 63.8 Å². The van der Waals surface area contributed by atoms with E-state index < -0.39 is 65.7 Å². The van der Waals surface area contributed by atoms with Crippen LogP contribution in [0.4, 0.5) is 0 Å². The van der Waals surface area contributed by atoms with Gasteiger partial charge in [-0.05, 0) is 24.2 Å². The zero-order valence-corrected chi connectivity index (χ0v) is 20.7. The van der Waals surface area contributed by atoms with Gasteiger partial charge in [-0.3, -0.25) is 4.57 Å². The number of fused-ring (bicyclic) bond motifs is 7. The number of thiophene rings is 1. The molecule has 0 amide bonds. The van der Waals surface area contributed by atoms with Gasteiger partial charge in [0.2, 0.25) is 5.95 Å². The number of aromatic hydroxyl groups is 1. The van der Waals surface area contributed by atoms with Crippen LogP contribution in [0.3, 0.4) is 0 Å². The first-order valence-corrected chi connectivity index (χ1v) is 12.8. The van der Waals surface area contributed by atoms with Crippen molar-refractivity contribution in [3.05, 3.63) is 115 Å². The molecule has 1 N–H and O–H groups in total. The van der Waals surface area contributed by atoms with Crippen molar-refractivity contribution >= 4 is 53.3 Å². The van der Waals surface area contributed by atoms with Gasteiger partial charge in [0.1, 0.15) is 5.75 Å². The molecule has 39 heavy (non-hydrogen) atoms.